The van der Waals surface area contributed by atoms with Crippen molar-refractivity contribution in [3.63, 3.8) is 0 Å². The Morgan fingerprint density at radius 1 is 1.20 bits per heavy atom. The monoisotopic (exact) mass is 278 g/mol. The Morgan fingerprint density at radius 2 is 1.75 bits per heavy atom. The largest absolute Gasteiger partial charge is 0.354 e. The molecule has 0 saturated heterocycles. The van der Waals surface area contributed by atoms with E-state index >= 15 is 0 Å². The van der Waals surface area contributed by atoms with Gasteiger partial charge in [0.05, 0.1) is 0 Å². The fourth-order valence-electron chi connectivity index (χ4n) is 2.11. The molecule has 110 valence electrons. The third-order valence-corrected chi connectivity index (χ3v) is 3.27. The number of nitrogens with two attached hydrogens (primary N) is 1. The minimum Gasteiger partial charge on any atom is -0.354 e. The van der Waals surface area contributed by atoms with E-state index in [1.165, 1.54) is 5.56 Å². The van der Waals surface area contributed by atoms with E-state index in [4.69, 9.17) is 0 Å². The average molecular weight is 278 g/mol. The summed E-state index contributed by atoms with van der Waals surface area (Å²) in [5, 5.41) is 7.19. The van der Waals surface area contributed by atoms with Crippen molar-refractivity contribution in [1.29, 1.82) is 0 Å². The first-order valence-corrected chi connectivity index (χ1v) is 6.77. The van der Waals surface area contributed by atoms with Crippen LogP contribution in [-0.4, -0.2) is 31.4 Å². The number of amides is 2. The van der Waals surface area contributed by atoms with E-state index in [2.05, 4.69) is 10.6 Å². The minimum absolute atomic E-state index is 0.0904. The van der Waals surface area contributed by atoms with Gasteiger partial charge in [-0.15, -0.1) is 0 Å². The molecule has 0 aliphatic rings. The minimum atomic E-state index is -0.313. The summed E-state index contributed by atoms with van der Waals surface area (Å²) in [6.07, 6.45) is 0. The lowest BCUT2D eigenvalue weighted by Gasteiger charge is -2.15. The van der Waals surface area contributed by atoms with Crippen LogP contribution in [0.4, 0.5) is 5.69 Å². The van der Waals surface area contributed by atoms with Crippen LogP contribution in [-0.2, 0) is 9.59 Å². The smallest absolute Gasteiger partial charge is 0.282 e. The van der Waals surface area contributed by atoms with Crippen LogP contribution in [0, 0.1) is 20.8 Å². The second kappa shape index (κ2) is 7.05. The Hall–Kier alpha value is -1.88. The molecule has 0 fully saturated rings. The zero-order chi connectivity index (χ0) is 15.3. The topological polar surface area (TPSA) is 74.8 Å². The molecular formula is C15H24N3O2+. The molecule has 1 rings (SSSR count). The van der Waals surface area contributed by atoms with Gasteiger partial charge in [0.1, 0.15) is 0 Å². The summed E-state index contributed by atoms with van der Waals surface area (Å²) in [5.41, 5.74) is 4.14. The van der Waals surface area contributed by atoms with Crippen molar-refractivity contribution < 1.29 is 14.9 Å². The van der Waals surface area contributed by atoms with Crippen LogP contribution in [0.2, 0.25) is 0 Å². The van der Waals surface area contributed by atoms with Crippen molar-refractivity contribution >= 4 is 17.5 Å². The maximum atomic E-state index is 12.1. The van der Waals surface area contributed by atoms with Gasteiger partial charge >= 0.3 is 0 Å². The van der Waals surface area contributed by atoms with Gasteiger partial charge < -0.3 is 16.0 Å². The maximum absolute atomic E-state index is 12.1. The first-order chi connectivity index (χ1) is 9.35. The van der Waals surface area contributed by atoms with Crippen LogP contribution in [0.25, 0.3) is 0 Å². The number of carbonyl (C=O) groups is 2. The van der Waals surface area contributed by atoms with Crippen LogP contribution in [0.5, 0.6) is 0 Å². The molecule has 1 atom stereocenters. The first kappa shape index (κ1) is 16.2. The van der Waals surface area contributed by atoms with Crippen molar-refractivity contribution in [2.75, 3.05) is 18.9 Å². The normalized spacial score (nSPS) is 11.8. The maximum Gasteiger partial charge on any atom is 0.282 e. The van der Waals surface area contributed by atoms with Gasteiger partial charge in [0.25, 0.3) is 11.8 Å². The second-order valence-corrected chi connectivity index (χ2v) is 5.16. The summed E-state index contributed by atoms with van der Waals surface area (Å²) in [7, 11) is 1.58. The lowest BCUT2D eigenvalue weighted by molar-refractivity contribution is -0.662. The summed E-state index contributed by atoms with van der Waals surface area (Å²) < 4.78 is 0. The molecule has 1 aromatic carbocycles. The Morgan fingerprint density at radius 3 is 2.25 bits per heavy atom. The lowest BCUT2D eigenvalue weighted by atomic mass is 10.0. The van der Waals surface area contributed by atoms with Crippen molar-refractivity contribution in [3.8, 4) is 0 Å². The molecule has 0 bridgehead atoms. The number of hydrogen-bond acceptors (Lipinski definition) is 2. The van der Waals surface area contributed by atoms with Crippen molar-refractivity contribution in [3.05, 3.63) is 28.8 Å². The van der Waals surface area contributed by atoms with E-state index in [-0.39, 0.29) is 24.4 Å². The first-order valence-electron chi connectivity index (χ1n) is 6.77. The van der Waals surface area contributed by atoms with Gasteiger partial charge in [-0.05, 0) is 38.8 Å². The van der Waals surface area contributed by atoms with Crippen LogP contribution in [0.3, 0.4) is 0 Å². The third kappa shape index (κ3) is 4.35. The van der Waals surface area contributed by atoms with Crippen LogP contribution in [0.1, 0.15) is 23.6 Å². The van der Waals surface area contributed by atoms with E-state index < -0.39 is 0 Å². The van der Waals surface area contributed by atoms with Crippen LogP contribution < -0.4 is 16.0 Å². The number of aryl methyl sites for hydroxylation is 3. The number of carbonyl (C=O) groups excluding carboxylic acids is 2. The highest BCUT2D eigenvalue weighted by atomic mass is 16.2. The van der Waals surface area contributed by atoms with Gasteiger partial charge in [0.15, 0.2) is 12.6 Å². The number of hydrogen-bond donors (Lipinski definition) is 3. The quantitative estimate of drug-likeness (QED) is 0.722. The molecule has 1 aromatic rings. The van der Waals surface area contributed by atoms with E-state index in [9.17, 15) is 9.59 Å². The Kier molecular flexibility index (Phi) is 5.70. The molecule has 0 radical (unpaired) electrons. The van der Waals surface area contributed by atoms with Gasteiger partial charge in [-0.1, -0.05) is 17.7 Å². The van der Waals surface area contributed by atoms with Crippen molar-refractivity contribution in [2.24, 2.45) is 0 Å². The molecule has 0 aromatic heterocycles. The third-order valence-electron chi connectivity index (χ3n) is 3.27. The number of rotatable bonds is 5. The van der Waals surface area contributed by atoms with E-state index in [1.54, 1.807) is 19.3 Å². The summed E-state index contributed by atoms with van der Waals surface area (Å²) in [6.45, 7) is 8.03. The fourth-order valence-corrected chi connectivity index (χ4v) is 2.11. The summed E-state index contributed by atoms with van der Waals surface area (Å²) >= 11 is 0. The van der Waals surface area contributed by atoms with Crippen molar-refractivity contribution in [1.82, 2.24) is 5.32 Å². The average Bonchev–Trinajstić information content (AvgIpc) is 2.39. The zero-order valence-corrected chi connectivity index (χ0v) is 12.8. The Balaban J connectivity index is 2.69. The van der Waals surface area contributed by atoms with E-state index in [0.29, 0.717) is 0 Å². The molecule has 0 saturated carbocycles. The molecule has 0 unspecified atom stereocenters. The Bertz CT molecular complexity index is 489. The highest BCUT2D eigenvalue weighted by Gasteiger charge is 2.18. The van der Waals surface area contributed by atoms with Gasteiger partial charge in [0.2, 0.25) is 0 Å². The predicted molar refractivity (Wildman–Crippen MR) is 79.6 cm³/mol. The van der Waals surface area contributed by atoms with Gasteiger partial charge in [-0.25, -0.2) is 0 Å². The summed E-state index contributed by atoms with van der Waals surface area (Å²) in [4.78, 5) is 23.3. The fraction of sp³-hybridized carbons (Fsp3) is 0.467. The second-order valence-electron chi connectivity index (χ2n) is 5.16. The summed E-state index contributed by atoms with van der Waals surface area (Å²) in [6, 6.07) is 3.77. The van der Waals surface area contributed by atoms with Crippen molar-refractivity contribution in [2.45, 2.75) is 33.7 Å². The van der Waals surface area contributed by atoms with Gasteiger partial charge in [-0.2, -0.15) is 0 Å². The number of benzene rings is 1. The van der Waals surface area contributed by atoms with E-state index in [0.717, 1.165) is 16.8 Å². The molecule has 0 aliphatic carbocycles. The SMILES string of the molecule is CNC(=O)C[NH2+][C@H](C)C(=O)Nc1c(C)cc(C)cc1C. The molecule has 5 heteroatoms. The molecule has 2 amide bonds. The van der Waals surface area contributed by atoms with Crippen LogP contribution in [0.15, 0.2) is 12.1 Å². The Labute approximate surface area is 120 Å². The van der Waals surface area contributed by atoms with Gasteiger partial charge in [-0.3, -0.25) is 9.59 Å². The molecule has 5 nitrogen and oxygen atoms in total. The molecular weight excluding hydrogens is 254 g/mol. The molecule has 20 heavy (non-hydrogen) atoms. The predicted octanol–water partition coefficient (Wildman–Crippen LogP) is 0.248. The standard InChI is InChI=1S/C15H23N3O2/c1-9-6-10(2)14(11(3)7-9)18-15(20)12(4)17-8-13(19)16-5/h6-7,12,17H,8H2,1-5H3,(H,16,19)(H,18,20)/p+1/t12-/m1/s1. The molecule has 0 heterocycles. The highest BCUT2D eigenvalue weighted by Crippen LogP contribution is 2.21. The lowest BCUT2D eigenvalue weighted by Crippen LogP contribution is -2.93. The highest BCUT2D eigenvalue weighted by molar-refractivity contribution is 5.95. The molecule has 4 N–H and O–H groups in total. The summed E-state index contributed by atoms with van der Waals surface area (Å²) in [5.74, 6) is -0.184. The zero-order valence-electron chi connectivity index (χ0n) is 12.8. The number of quaternary nitrogens is 1. The molecule has 0 spiro atoms. The van der Waals surface area contributed by atoms with Crippen LogP contribution >= 0.6 is 0 Å². The number of nitrogens with one attached hydrogen (secondary N) is 2. The van der Waals surface area contributed by atoms with E-state index in [1.807, 2.05) is 32.9 Å². The van der Waals surface area contributed by atoms with Gasteiger partial charge in [0, 0.05) is 12.7 Å². The molecule has 0 aliphatic heterocycles. The number of likely N-dealkylation sites (N-methyl/N-ethyl adjacent to an activating group) is 1. The number of anilines is 1.